The zero-order valence-corrected chi connectivity index (χ0v) is 17.5. The summed E-state index contributed by atoms with van der Waals surface area (Å²) in [5.74, 6) is 1.41. The maximum atomic E-state index is 9.56. The number of morpholine rings is 1. The molecule has 0 saturated carbocycles. The van der Waals surface area contributed by atoms with Gasteiger partial charge in [0.25, 0.3) is 0 Å². The van der Waals surface area contributed by atoms with Gasteiger partial charge in [0.2, 0.25) is 0 Å². The predicted octanol–water partition coefficient (Wildman–Crippen LogP) is 3.07. The molecule has 1 fully saturated rings. The highest BCUT2D eigenvalue weighted by molar-refractivity contribution is 5.60. The molecule has 1 aliphatic heterocycles. The monoisotopic (exact) mass is 396 g/mol. The maximum Gasteiger partial charge on any atom is 0.161 e. The highest BCUT2D eigenvalue weighted by atomic mass is 16.5. The van der Waals surface area contributed by atoms with E-state index in [0.717, 1.165) is 35.7 Å². The van der Waals surface area contributed by atoms with Crippen LogP contribution in [-0.2, 0) is 4.74 Å². The highest BCUT2D eigenvalue weighted by Crippen LogP contribution is 2.33. The Morgan fingerprint density at radius 3 is 2.55 bits per heavy atom. The molecule has 0 aliphatic carbocycles. The Morgan fingerprint density at radius 1 is 1.17 bits per heavy atom. The lowest BCUT2D eigenvalue weighted by Gasteiger charge is -2.35. The summed E-state index contributed by atoms with van der Waals surface area (Å²) < 4.78 is 16.4. The number of nitrogens with zero attached hydrogens (tertiary/aromatic N) is 3. The van der Waals surface area contributed by atoms with Gasteiger partial charge in [-0.2, -0.15) is 5.26 Å². The fourth-order valence-electron chi connectivity index (χ4n) is 3.72. The Morgan fingerprint density at radius 2 is 1.90 bits per heavy atom. The van der Waals surface area contributed by atoms with Gasteiger partial charge >= 0.3 is 0 Å². The molecule has 1 N–H and O–H groups in total. The van der Waals surface area contributed by atoms with Crippen molar-refractivity contribution in [1.29, 1.82) is 5.26 Å². The molecule has 1 aromatic carbocycles. The topological polar surface area (TPSA) is 79.6 Å². The Hall–Kier alpha value is -2.82. The lowest BCUT2D eigenvalue weighted by atomic mass is 10.0. The van der Waals surface area contributed by atoms with Crippen molar-refractivity contribution >= 4 is 5.69 Å². The van der Waals surface area contributed by atoms with Gasteiger partial charge in [-0.3, -0.25) is 9.88 Å². The van der Waals surface area contributed by atoms with E-state index in [4.69, 9.17) is 14.2 Å². The van der Waals surface area contributed by atoms with Crippen LogP contribution in [0.5, 0.6) is 11.5 Å². The number of nitriles is 1. The minimum absolute atomic E-state index is 0.0963. The van der Waals surface area contributed by atoms with E-state index in [1.54, 1.807) is 14.2 Å². The first-order valence-electron chi connectivity index (χ1n) is 9.73. The summed E-state index contributed by atoms with van der Waals surface area (Å²) in [6, 6.07) is 10.3. The predicted molar refractivity (Wildman–Crippen MR) is 112 cm³/mol. The highest BCUT2D eigenvalue weighted by Gasteiger charge is 2.24. The van der Waals surface area contributed by atoms with Gasteiger partial charge in [0.1, 0.15) is 6.07 Å². The number of pyridine rings is 1. The Labute approximate surface area is 172 Å². The first kappa shape index (κ1) is 20.9. The van der Waals surface area contributed by atoms with Gasteiger partial charge in [-0.25, -0.2) is 0 Å². The molecule has 29 heavy (non-hydrogen) atoms. The van der Waals surface area contributed by atoms with E-state index in [-0.39, 0.29) is 6.04 Å². The SMILES string of the molecule is COc1ccc(C(CNc2cc(C)nc(C)c2C#N)N2CCOCC2)cc1OC. The average Bonchev–Trinajstić information content (AvgIpc) is 2.74. The molecule has 2 aromatic rings. The fourth-order valence-corrected chi connectivity index (χ4v) is 3.72. The summed E-state index contributed by atoms with van der Waals surface area (Å²) >= 11 is 0. The third kappa shape index (κ3) is 4.78. The molecule has 154 valence electrons. The third-order valence-corrected chi connectivity index (χ3v) is 5.20. The van der Waals surface area contributed by atoms with Crippen LogP contribution in [0.1, 0.15) is 28.6 Å². The molecule has 1 atom stereocenters. The Bertz CT molecular complexity index is 888. The number of nitrogens with one attached hydrogen (secondary N) is 1. The number of rotatable bonds is 7. The fraction of sp³-hybridized carbons (Fsp3) is 0.455. The molecule has 0 spiro atoms. The molecule has 0 bridgehead atoms. The number of aromatic nitrogens is 1. The van der Waals surface area contributed by atoms with Crippen LogP contribution in [0, 0.1) is 25.2 Å². The second-order valence-electron chi connectivity index (χ2n) is 7.04. The number of ether oxygens (including phenoxy) is 3. The van der Waals surface area contributed by atoms with Crippen LogP contribution in [0.3, 0.4) is 0 Å². The summed E-state index contributed by atoms with van der Waals surface area (Å²) in [5, 5.41) is 13.1. The number of hydrogen-bond acceptors (Lipinski definition) is 7. The zero-order valence-electron chi connectivity index (χ0n) is 17.5. The molecule has 0 amide bonds. The van der Waals surface area contributed by atoms with E-state index in [1.165, 1.54) is 0 Å². The van der Waals surface area contributed by atoms with E-state index in [2.05, 4.69) is 27.3 Å². The molecular formula is C22H28N4O3. The molecule has 3 rings (SSSR count). The first-order chi connectivity index (χ1) is 14.1. The molecule has 1 saturated heterocycles. The van der Waals surface area contributed by atoms with Crippen molar-refractivity contribution in [3.05, 3.63) is 46.8 Å². The molecule has 7 nitrogen and oxygen atoms in total. The minimum Gasteiger partial charge on any atom is -0.493 e. The van der Waals surface area contributed by atoms with Crippen LogP contribution in [-0.4, -0.2) is 57.0 Å². The van der Waals surface area contributed by atoms with Gasteiger partial charge in [-0.15, -0.1) is 0 Å². The zero-order chi connectivity index (χ0) is 20.8. The van der Waals surface area contributed by atoms with Crippen molar-refractivity contribution in [3.8, 4) is 17.6 Å². The largest absolute Gasteiger partial charge is 0.493 e. The standard InChI is InChI=1S/C22H28N4O3/c1-15-11-19(18(13-23)16(2)25-15)24-14-20(26-7-9-29-10-8-26)17-5-6-21(27-3)22(12-17)28-4/h5-6,11-12,20H,7-10,14H2,1-4H3,(H,24,25). The number of anilines is 1. The van der Waals surface area contributed by atoms with Crippen LogP contribution in [0.2, 0.25) is 0 Å². The van der Waals surface area contributed by atoms with Crippen LogP contribution in [0.4, 0.5) is 5.69 Å². The van der Waals surface area contributed by atoms with Gasteiger partial charge in [0.05, 0.1) is 50.4 Å². The molecule has 1 aliphatic rings. The average molecular weight is 396 g/mol. The van der Waals surface area contributed by atoms with Crippen molar-refractivity contribution in [2.45, 2.75) is 19.9 Å². The lowest BCUT2D eigenvalue weighted by molar-refractivity contribution is 0.0186. The number of benzene rings is 1. The molecule has 7 heteroatoms. The summed E-state index contributed by atoms with van der Waals surface area (Å²) in [6.45, 7) is 7.56. The van der Waals surface area contributed by atoms with Gasteiger partial charge in [-0.05, 0) is 37.6 Å². The first-order valence-corrected chi connectivity index (χ1v) is 9.73. The van der Waals surface area contributed by atoms with Crippen molar-refractivity contribution in [2.24, 2.45) is 0 Å². The van der Waals surface area contributed by atoms with Crippen LogP contribution in [0.15, 0.2) is 24.3 Å². The van der Waals surface area contributed by atoms with E-state index in [1.807, 2.05) is 32.0 Å². The van der Waals surface area contributed by atoms with E-state index in [0.29, 0.717) is 36.8 Å². The maximum absolute atomic E-state index is 9.56. The van der Waals surface area contributed by atoms with E-state index in [9.17, 15) is 5.26 Å². The van der Waals surface area contributed by atoms with E-state index < -0.39 is 0 Å². The number of aryl methyl sites for hydroxylation is 2. The summed E-state index contributed by atoms with van der Waals surface area (Å²) in [7, 11) is 3.28. The van der Waals surface area contributed by atoms with Crippen LogP contribution >= 0.6 is 0 Å². The third-order valence-electron chi connectivity index (χ3n) is 5.20. The molecule has 2 heterocycles. The van der Waals surface area contributed by atoms with Crippen molar-refractivity contribution in [3.63, 3.8) is 0 Å². The minimum atomic E-state index is 0.0963. The molecule has 1 aromatic heterocycles. The Balaban J connectivity index is 1.90. The van der Waals surface area contributed by atoms with Crippen molar-refractivity contribution in [2.75, 3.05) is 52.4 Å². The van der Waals surface area contributed by atoms with Gasteiger partial charge in [-0.1, -0.05) is 6.07 Å². The lowest BCUT2D eigenvalue weighted by Crippen LogP contribution is -2.41. The van der Waals surface area contributed by atoms with Crippen molar-refractivity contribution in [1.82, 2.24) is 9.88 Å². The number of hydrogen-bond donors (Lipinski definition) is 1. The number of methoxy groups -OCH3 is 2. The van der Waals surface area contributed by atoms with Crippen LogP contribution < -0.4 is 14.8 Å². The Kier molecular flexibility index (Phi) is 6.91. The second-order valence-corrected chi connectivity index (χ2v) is 7.04. The van der Waals surface area contributed by atoms with Crippen molar-refractivity contribution < 1.29 is 14.2 Å². The van der Waals surface area contributed by atoms with Crippen LogP contribution in [0.25, 0.3) is 0 Å². The van der Waals surface area contributed by atoms with Gasteiger partial charge < -0.3 is 19.5 Å². The van der Waals surface area contributed by atoms with E-state index >= 15 is 0 Å². The van der Waals surface area contributed by atoms with Gasteiger partial charge in [0, 0.05) is 25.3 Å². The summed E-state index contributed by atoms with van der Waals surface area (Å²) in [4.78, 5) is 6.80. The second kappa shape index (κ2) is 9.59. The smallest absolute Gasteiger partial charge is 0.161 e. The quantitative estimate of drug-likeness (QED) is 0.770. The molecular weight excluding hydrogens is 368 g/mol. The normalized spacial score (nSPS) is 15.4. The molecule has 0 radical (unpaired) electrons. The summed E-state index contributed by atoms with van der Waals surface area (Å²) in [6.07, 6.45) is 0. The summed E-state index contributed by atoms with van der Waals surface area (Å²) in [5.41, 5.74) is 4.15. The van der Waals surface area contributed by atoms with Gasteiger partial charge in [0.15, 0.2) is 11.5 Å². The molecule has 1 unspecified atom stereocenters.